The van der Waals surface area contributed by atoms with Gasteiger partial charge in [-0.2, -0.15) is 0 Å². The van der Waals surface area contributed by atoms with Crippen molar-refractivity contribution in [3.05, 3.63) is 24.0 Å². The van der Waals surface area contributed by atoms with E-state index in [0.29, 0.717) is 11.5 Å². The first-order valence-electron chi connectivity index (χ1n) is 7.38. The Morgan fingerprint density at radius 2 is 2.05 bits per heavy atom. The minimum Gasteiger partial charge on any atom is -0.489 e. The number of hydrogen-bond donors (Lipinski definition) is 1. The van der Waals surface area contributed by atoms with Crippen LogP contribution in [-0.4, -0.2) is 11.1 Å². The number of nitrogens with two attached hydrogens (primary N) is 1. The standard InChI is InChI=1S/C16H26N2O/c1-4-14(17)15-6-5-13(11-18-15)19-12-7-9-16(2,3)10-8-12/h5-6,11-12,14H,4,7-10,17H2,1-3H3. The van der Waals surface area contributed by atoms with E-state index >= 15 is 0 Å². The first kappa shape index (κ1) is 14.3. The smallest absolute Gasteiger partial charge is 0.138 e. The van der Waals surface area contributed by atoms with Gasteiger partial charge in [0.1, 0.15) is 5.75 Å². The molecule has 19 heavy (non-hydrogen) atoms. The van der Waals surface area contributed by atoms with Crippen LogP contribution < -0.4 is 10.5 Å². The zero-order valence-corrected chi connectivity index (χ0v) is 12.4. The quantitative estimate of drug-likeness (QED) is 0.897. The molecule has 0 amide bonds. The van der Waals surface area contributed by atoms with Gasteiger partial charge in [-0.3, -0.25) is 4.98 Å². The number of rotatable bonds is 4. The Morgan fingerprint density at radius 1 is 1.37 bits per heavy atom. The molecule has 0 radical (unpaired) electrons. The maximum absolute atomic E-state index is 6.01. The Hall–Kier alpha value is -1.09. The molecule has 1 aliphatic rings. The molecule has 2 rings (SSSR count). The molecule has 0 saturated heterocycles. The van der Waals surface area contributed by atoms with E-state index in [2.05, 4.69) is 25.8 Å². The summed E-state index contributed by atoms with van der Waals surface area (Å²) >= 11 is 0. The third-order valence-electron chi connectivity index (χ3n) is 4.17. The van der Waals surface area contributed by atoms with Gasteiger partial charge in [0.05, 0.1) is 18.0 Å². The lowest BCUT2D eigenvalue weighted by atomic mass is 9.76. The van der Waals surface area contributed by atoms with E-state index < -0.39 is 0 Å². The highest BCUT2D eigenvalue weighted by atomic mass is 16.5. The van der Waals surface area contributed by atoms with E-state index in [1.165, 1.54) is 12.8 Å². The van der Waals surface area contributed by atoms with Crippen LogP contribution in [-0.2, 0) is 0 Å². The summed E-state index contributed by atoms with van der Waals surface area (Å²) in [5.41, 5.74) is 7.38. The average molecular weight is 262 g/mol. The molecule has 1 heterocycles. The third-order valence-corrected chi connectivity index (χ3v) is 4.17. The largest absolute Gasteiger partial charge is 0.489 e. The summed E-state index contributed by atoms with van der Waals surface area (Å²) in [5.74, 6) is 0.872. The minimum absolute atomic E-state index is 0.0320. The van der Waals surface area contributed by atoms with E-state index in [-0.39, 0.29) is 6.04 Å². The Morgan fingerprint density at radius 3 is 2.58 bits per heavy atom. The number of pyridine rings is 1. The molecule has 1 unspecified atom stereocenters. The van der Waals surface area contributed by atoms with Crippen LogP contribution in [0.5, 0.6) is 5.75 Å². The topological polar surface area (TPSA) is 48.1 Å². The molecule has 1 atom stereocenters. The van der Waals surface area contributed by atoms with Crippen molar-refractivity contribution in [3.63, 3.8) is 0 Å². The lowest BCUT2D eigenvalue weighted by Crippen LogP contribution is -2.28. The summed E-state index contributed by atoms with van der Waals surface area (Å²) in [6, 6.07) is 4.01. The van der Waals surface area contributed by atoms with Gasteiger partial charge in [0.15, 0.2) is 0 Å². The van der Waals surface area contributed by atoms with Crippen molar-refractivity contribution in [3.8, 4) is 5.75 Å². The second-order valence-corrected chi connectivity index (χ2v) is 6.41. The van der Waals surface area contributed by atoms with Gasteiger partial charge in [-0.15, -0.1) is 0 Å². The van der Waals surface area contributed by atoms with Crippen molar-refractivity contribution in [1.29, 1.82) is 0 Å². The molecular formula is C16H26N2O. The Balaban J connectivity index is 1.90. The number of hydrogen-bond acceptors (Lipinski definition) is 3. The minimum atomic E-state index is 0.0320. The molecule has 0 aromatic carbocycles. The van der Waals surface area contributed by atoms with Crippen LogP contribution in [0.15, 0.2) is 18.3 Å². The summed E-state index contributed by atoms with van der Waals surface area (Å²) in [4.78, 5) is 4.39. The lowest BCUT2D eigenvalue weighted by molar-refractivity contribution is 0.0984. The van der Waals surface area contributed by atoms with Gasteiger partial charge in [0, 0.05) is 6.04 Å². The van der Waals surface area contributed by atoms with E-state index in [0.717, 1.165) is 30.7 Å². The van der Waals surface area contributed by atoms with Gasteiger partial charge in [-0.25, -0.2) is 0 Å². The fourth-order valence-corrected chi connectivity index (χ4v) is 2.57. The van der Waals surface area contributed by atoms with Crippen molar-refractivity contribution in [2.24, 2.45) is 11.1 Å². The van der Waals surface area contributed by atoms with E-state index in [9.17, 15) is 0 Å². The molecule has 1 aliphatic carbocycles. The van der Waals surface area contributed by atoms with Crippen LogP contribution in [0.4, 0.5) is 0 Å². The van der Waals surface area contributed by atoms with Crippen LogP contribution in [0.25, 0.3) is 0 Å². The maximum atomic E-state index is 6.01. The highest BCUT2D eigenvalue weighted by molar-refractivity contribution is 5.21. The second kappa shape index (κ2) is 5.91. The Bertz CT molecular complexity index is 390. The van der Waals surface area contributed by atoms with Gasteiger partial charge in [0.2, 0.25) is 0 Å². The van der Waals surface area contributed by atoms with Gasteiger partial charge in [0.25, 0.3) is 0 Å². The zero-order chi connectivity index (χ0) is 13.9. The normalized spacial score (nSPS) is 21.1. The number of nitrogens with zero attached hydrogens (tertiary/aromatic N) is 1. The fraction of sp³-hybridized carbons (Fsp3) is 0.688. The molecule has 1 aromatic heterocycles. The van der Waals surface area contributed by atoms with Gasteiger partial charge >= 0.3 is 0 Å². The van der Waals surface area contributed by atoms with Crippen molar-refractivity contribution >= 4 is 0 Å². The molecule has 1 fully saturated rings. The van der Waals surface area contributed by atoms with Crippen molar-refractivity contribution in [2.75, 3.05) is 0 Å². The summed E-state index contributed by atoms with van der Waals surface area (Å²) in [6.45, 7) is 6.75. The summed E-state index contributed by atoms with van der Waals surface area (Å²) < 4.78 is 6.01. The zero-order valence-electron chi connectivity index (χ0n) is 12.4. The molecule has 0 bridgehead atoms. The van der Waals surface area contributed by atoms with Gasteiger partial charge in [-0.1, -0.05) is 20.8 Å². The van der Waals surface area contributed by atoms with Crippen LogP contribution in [0.1, 0.15) is 64.6 Å². The summed E-state index contributed by atoms with van der Waals surface area (Å²) in [7, 11) is 0. The predicted molar refractivity (Wildman–Crippen MR) is 78.1 cm³/mol. The molecule has 0 aliphatic heterocycles. The first-order valence-corrected chi connectivity index (χ1v) is 7.38. The van der Waals surface area contributed by atoms with Crippen LogP contribution in [0, 0.1) is 5.41 Å². The Kier molecular flexibility index (Phi) is 4.46. The second-order valence-electron chi connectivity index (χ2n) is 6.41. The van der Waals surface area contributed by atoms with Crippen LogP contribution >= 0.6 is 0 Å². The molecule has 1 aromatic rings. The van der Waals surface area contributed by atoms with Gasteiger partial charge < -0.3 is 10.5 Å². The first-order chi connectivity index (χ1) is 9.00. The monoisotopic (exact) mass is 262 g/mol. The molecule has 106 valence electrons. The average Bonchev–Trinajstić information content (AvgIpc) is 2.41. The highest BCUT2D eigenvalue weighted by Crippen LogP contribution is 2.36. The number of aromatic nitrogens is 1. The van der Waals surface area contributed by atoms with E-state index in [4.69, 9.17) is 10.5 Å². The molecule has 0 spiro atoms. The molecule has 3 heteroatoms. The van der Waals surface area contributed by atoms with Crippen molar-refractivity contribution in [1.82, 2.24) is 4.98 Å². The van der Waals surface area contributed by atoms with E-state index in [1.807, 2.05) is 18.3 Å². The van der Waals surface area contributed by atoms with E-state index in [1.54, 1.807) is 0 Å². The third kappa shape index (κ3) is 3.93. The predicted octanol–water partition coefficient (Wildman–Crippen LogP) is 3.84. The highest BCUT2D eigenvalue weighted by Gasteiger charge is 2.27. The van der Waals surface area contributed by atoms with Gasteiger partial charge in [-0.05, 0) is 49.7 Å². The Labute approximate surface area is 116 Å². The molecule has 3 nitrogen and oxygen atoms in total. The SMILES string of the molecule is CCC(N)c1ccc(OC2CCC(C)(C)CC2)cn1. The molecule has 1 saturated carbocycles. The lowest BCUT2D eigenvalue weighted by Gasteiger charge is -2.34. The maximum Gasteiger partial charge on any atom is 0.138 e. The number of ether oxygens (including phenoxy) is 1. The van der Waals surface area contributed by atoms with Crippen molar-refractivity contribution in [2.45, 2.75) is 65.0 Å². The fourth-order valence-electron chi connectivity index (χ4n) is 2.57. The van der Waals surface area contributed by atoms with Crippen molar-refractivity contribution < 1.29 is 4.74 Å². The molecule has 2 N–H and O–H groups in total. The summed E-state index contributed by atoms with van der Waals surface area (Å²) in [5, 5.41) is 0. The van der Waals surface area contributed by atoms with Crippen LogP contribution in [0.2, 0.25) is 0 Å². The summed E-state index contributed by atoms with van der Waals surface area (Å²) in [6.07, 6.45) is 7.83. The van der Waals surface area contributed by atoms with Crippen LogP contribution in [0.3, 0.4) is 0 Å². The molecular weight excluding hydrogens is 236 g/mol.